The highest BCUT2D eigenvalue weighted by atomic mass is 32.2. The molecule has 1 saturated heterocycles. The summed E-state index contributed by atoms with van der Waals surface area (Å²) in [5.41, 5.74) is 1.19. The minimum Gasteiger partial charge on any atom is -0.423 e. The second-order valence-corrected chi connectivity index (χ2v) is 4.49. The molecule has 1 aliphatic heterocycles. The molecule has 1 aromatic carbocycles. The minimum atomic E-state index is -1.47. The molecule has 92 valence electrons. The van der Waals surface area contributed by atoms with Crippen molar-refractivity contribution >= 4 is 41.6 Å². The lowest BCUT2D eigenvalue weighted by atomic mass is 9.80. The van der Waals surface area contributed by atoms with E-state index in [9.17, 15) is 4.79 Å². The van der Waals surface area contributed by atoms with Crippen molar-refractivity contribution in [1.29, 1.82) is 0 Å². The predicted molar refractivity (Wildman–Crippen MR) is 71.9 cm³/mol. The first-order chi connectivity index (χ1) is 8.65. The van der Waals surface area contributed by atoms with Crippen molar-refractivity contribution in [3.8, 4) is 0 Å². The monoisotopic (exact) mass is 263 g/mol. The number of nitrogens with one attached hydrogen (secondary N) is 1. The van der Waals surface area contributed by atoms with Gasteiger partial charge in [-0.2, -0.15) is 5.10 Å². The Labute approximate surface area is 108 Å². The number of amidine groups is 1. The van der Waals surface area contributed by atoms with Crippen molar-refractivity contribution in [2.75, 3.05) is 5.75 Å². The van der Waals surface area contributed by atoms with Crippen LogP contribution in [0.1, 0.15) is 5.56 Å². The maximum atomic E-state index is 10.9. The highest BCUT2D eigenvalue weighted by Crippen LogP contribution is 2.08. The van der Waals surface area contributed by atoms with Gasteiger partial charge in [0.2, 0.25) is 5.91 Å². The third-order valence-electron chi connectivity index (χ3n) is 2.18. The molecule has 1 fully saturated rings. The molecule has 1 amide bonds. The van der Waals surface area contributed by atoms with E-state index in [0.717, 1.165) is 5.56 Å². The van der Waals surface area contributed by atoms with Gasteiger partial charge in [0.25, 0.3) is 0 Å². The number of nitrogens with zero attached hydrogens (tertiary/aromatic N) is 2. The van der Waals surface area contributed by atoms with Gasteiger partial charge in [-0.05, 0) is 11.0 Å². The molecule has 18 heavy (non-hydrogen) atoms. The van der Waals surface area contributed by atoms with E-state index < -0.39 is 7.12 Å². The number of hydrogen-bond acceptors (Lipinski definition) is 6. The van der Waals surface area contributed by atoms with E-state index >= 15 is 0 Å². The molecule has 0 unspecified atom stereocenters. The molecule has 3 N–H and O–H groups in total. The van der Waals surface area contributed by atoms with Crippen LogP contribution in [0.25, 0.3) is 0 Å². The molecule has 0 radical (unpaired) electrons. The van der Waals surface area contributed by atoms with E-state index in [1.807, 2.05) is 0 Å². The summed E-state index contributed by atoms with van der Waals surface area (Å²) in [6, 6.07) is 6.56. The lowest BCUT2D eigenvalue weighted by Crippen LogP contribution is -2.29. The Balaban J connectivity index is 1.99. The number of thioether (sulfide) groups is 1. The predicted octanol–water partition coefficient (Wildman–Crippen LogP) is -1.08. The van der Waals surface area contributed by atoms with E-state index in [1.165, 1.54) is 18.0 Å². The van der Waals surface area contributed by atoms with Crippen molar-refractivity contribution in [2.45, 2.75) is 0 Å². The van der Waals surface area contributed by atoms with Crippen LogP contribution in [0.15, 0.2) is 34.5 Å². The zero-order valence-corrected chi connectivity index (χ0v) is 10.1. The largest absolute Gasteiger partial charge is 0.488 e. The number of carbonyl (C=O) groups is 1. The van der Waals surface area contributed by atoms with Crippen LogP contribution in [0.5, 0.6) is 0 Å². The van der Waals surface area contributed by atoms with Crippen LogP contribution in [0.3, 0.4) is 0 Å². The van der Waals surface area contributed by atoms with Gasteiger partial charge in [-0.25, -0.2) is 0 Å². The van der Waals surface area contributed by atoms with Crippen LogP contribution in [0.4, 0.5) is 0 Å². The fourth-order valence-corrected chi connectivity index (χ4v) is 1.91. The number of hydrogen-bond donors (Lipinski definition) is 3. The van der Waals surface area contributed by atoms with Gasteiger partial charge in [-0.3, -0.25) is 4.79 Å². The van der Waals surface area contributed by atoms with Crippen molar-refractivity contribution in [3.05, 3.63) is 29.8 Å². The van der Waals surface area contributed by atoms with E-state index in [2.05, 4.69) is 15.5 Å². The molecule has 0 aromatic heterocycles. The van der Waals surface area contributed by atoms with E-state index in [4.69, 9.17) is 10.0 Å². The van der Waals surface area contributed by atoms with E-state index in [1.54, 1.807) is 24.3 Å². The molecule has 0 atom stereocenters. The Morgan fingerprint density at radius 1 is 1.33 bits per heavy atom. The Kier molecular flexibility index (Phi) is 4.13. The molecular weight excluding hydrogens is 253 g/mol. The van der Waals surface area contributed by atoms with Crippen LogP contribution >= 0.6 is 11.8 Å². The summed E-state index contributed by atoms with van der Waals surface area (Å²) in [5, 5.41) is 28.6. The average Bonchev–Trinajstić information content (AvgIpc) is 2.76. The molecular formula is C10H10BN3O3S. The minimum absolute atomic E-state index is 0.0739. The Bertz CT molecular complexity index is 502. The molecule has 1 aliphatic rings. The second-order valence-electron chi connectivity index (χ2n) is 3.53. The summed E-state index contributed by atoms with van der Waals surface area (Å²) in [5.74, 6) is 0.299. The van der Waals surface area contributed by atoms with Gasteiger partial charge < -0.3 is 15.4 Å². The van der Waals surface area contributed by atoms with Gasteiger partial charge >= 0.3 is 7.12 Å². The fraction of sp³-hybridized carbons (Fsp3) is 0.100. The van der Waals surface area contributed by atoms with Gasteiger partial charge in [0, 0.05) is 0 Å². The normalized spacial score (nSPS) is 17.4. The fourth-order valence-electron chi connectivity index (χ4n) is 1.28. The highest BCUT2D eigenvalue weighted by molar-refractivity contribution is 8.15. The summed E-state index contributed by atoms with van der Waals surface area (Å²) in [6.07, 6.45) is 1.52. The van der Waals surface area contributed by atoms with Crippen molar-refractivity contribution < 1.29 is 14.8 Å². The molecule has 1 aromatic rings. The van der Waals surface area contributed by atoms with Crippen molar-refractivity contribution in [2.24, 2.45) is 10.2 Å². The third kappa shape index (κ3) is 3.43. The third-order valence-corrected chi connectivity index (χ3v) is 3.04. The summed E-state index contributed by atoms with van der Waals surface area (Å²) in [7, 11) is -1.47. The summed E-state index contributed by atoms with van der Waals surface area (Å²) in [4.78, 5) is 10.9. The second kappa shape index (κ2) is 5.81. The quantitative estimate of drug-likeness (QED) is 0.367. The van der Waals surface area contributed by atoms with Gasteiger partial charge in [0.05, 0.1) is 12.0 Å². The van der Waals surface area contributed by atoms with Crippen LogP contribution in [-0.4, -0.2) is 40.2 Å². The lowest BCUT2D eigenvalue weighted by Gasteiger charge is -1.98. The first-order valence-corrected chi connectivity index (χ1v) is 6.13. The maximum Gasteiger partial charge on any atom is 0.488 e. The molecule has 0 spiro atoms. The molecule has 0 saturated carbocycles. The zero-order valence-electron chi connectivity index (χ0n) is 9.28. The van der Waals surface area contributed by atoms with Crippen LogP contribution in [0.2, 0.25) is 0 Å². The van der Waals surface area contributed by atoms with Crippen LogP contribution in [0, 0.1) is 0 Å². The van der Waals surface area contributed by atoms with Gasteiger partial charge in [-0.15, -0.1) is 5.10 Å². The molecule has 8 heteroatoms. The summed E-state index contributed by atoms with van der Waals surface area (Å²) >= 11 is 1.30. The first-order valence-electron chi connectivity index (χ1n) is 5.15. The molecule has 2 rings (SSSR count). The van der Waals surface area contributed by atoms with Crippen molar-refractivity contribution in [1.82, 2.24) is 5.32 Å². The Morgan fingerprint density at radius 2 is 2.06 bits per heavy atom. The molecule has 1 heterocycles. The maximum absolute atomic E-state index is 10.9. The number of benzene rings is 1. The van der Waals surface area contributed by atoms with Crippen molar-refractivity contribution in [3.63, 3.8) is 0 Å². The highest BCUT2D eigenvalue weighted by Gasteiger charge is 2.15. The SMILES string of the molecule is O=C1CSC(=NN=Cc2ccc(B(O)O)cc2)N1. The molecule has 0 bridgehead atoms. The standard InChI is InChI=1S/C10H10BN3O3S/c15-9-6-18-10(13-9)14-12-5-7-1-3-8(4-2-7)11(16)17/h1-5,16-17H,6H2,(H,13,14,15). The zero-order chi connectivity index (χ0) is 13.0. The number of rotatable bonds is 3. The van der Waals surface area contributed by atoms with Crippen LogP contribution < -0.4 is 10.8 Å². The molecule has 0 aliphatic carbocycles. The van der Waals surface area contributed by atoms with Gasteiger partial charge in [-0.1, -0.05) is 36.0 Å². The summed E-state index contributed by atoms with van der Waals surface area (Å²) in [6.45, 7) is 0. The topological polar surface area (TPSA) is 94.3 Å². The van der Waals surface area contributed by atoms with E-state index in [0.29, 0.717) is 16.4 Å². The number of amides is 1. The lowest BCUT2D eigenvalue weighted by molar-refractivity contribution is -0.116. The van der Waals surface area contributed by atoms with Gasteiger partial charge in [0.15, 0.2) is 5.17 Å². The van der Waals surface area contributed by atoms with Gasteiger partial charge in [0.1, 0.15) is 0 Å². The summed E-state index contributed by atoms with van der Waals surface area (Å²) < 4.78 is 0. The Hall–Kier alpha value is -1.64. The van der Waals surface area contributed by atoms with Crippen LogP contribution in [-0.2, 0) is 4.79 Å². The van der Waals surface area contributed by atoms with E-state index in [-0.39, 0.29) is 5.91 Å². The first kappa shape index (κ1) is 12.8. The molecule has 6 nitrogen and oxygen atoms in total. The Morgan fingerprint density at radius 3 is 2.61 bits per heavy atom. The average molecular weight is 263 g/mol. The number of carbonyl (C=O) groups excluding carboxylic acids is 1. The smallest absolute Gasteiger partial charge is 0.423 e.